The lowest BCUT2D eigenvalue weighted by Crippen LogP contribution is -2.32. The number of aromatic hydroxyl groups is 1. The minimum absolute atomic E-state index is 0.145. The second kappa shape index (κ2) is 21.2. The van der Waals surface area contributed by atoms with Gasteiger partial charge >= 0.3 is 18.7 Å². The van der Waals surface area contributed by atoms with Crippen LogP contribution in [0.5, 0.6) is 11.5 Å². The van der Waals surface area contributed by atoms with Gasteiger partial charge in [0.15, 0.2) is 11.5 Å². The van der Waals surface area contributed by atoms with E-state index in [0.717, 1.165) is 0 Å². The van der Waals surface area contributed by atoms with Crippen LogP contribution in [0.3, 0.4) is 0 Å². The van der Waals surface area contributed by atoms with Crippen LogP contribution in [-0.4, -0.2) is 48.3 Å². The van der Waals surface area contributed by atoms with Crippen molar-refractivity contribution in [2.24, 2.45) is 0 Å². The van der Waals surface area contributed by atoms with Crippen LogP contribution in [0.4, 0.5) is 13.6 Å². The van der Waals surface area contributed by atoms with E-state index in [9.17, 15) is 23.5 Å². The molecule has 1 amide bonds. The molecular weight excluding hydrogens is 440 g/mol. The molecule has 0 aliphatic rings. The first-order valence-electron chi connectivity index (χ1n) is 10.8. The van der Waals surface area contributed by atoms with Crippen molar-refractivity contribution in [1.82, 2.24) is 5.32 Å². The highest BCUT2D eigenvalue weighted by molar-refractivity contribution is 5.93. The normalized spacial score (nSPS) is 9.21. The van der Waals surface area contributed by atoms with Gasteiger partial charge in [-0.1, -0.05) is 41.5 Å². The molecule has 0 fully saturated rings. The number of esters is 1. The Balaban J connectivity index is -0.000000225. The van der Waals surface area contributed by atoms with Gasteiger partial charge in [0.1, 0.15) is 12.3 Å². The summed E-state index contributed by atoms with van der Waals surface area (Å²) in [6.07, 6.45) is -0.602. The van der Waals surface area contributed by atoms with E-state index < -0.39 is 36.8 Å². The molecule has 0 spiro atoms. The van der Waals surface area contributed by atoms with E-state index in [1.807, 2.05) is 41.5 Å². The first kappa shape index (κ1) is 37.7. The molecule has 0 saturated heterocycles. The van der Waals surface area contributed by atoms with E-state index in [1.165, 1.54) is 27.0 Å². The first-order chi connectivity index (χ1) is 15.3. The molecule has 10 heteroatoms. The number of carbonyl (C=O) groups excluding carboxylic acids is 2. The van der Waals surface area contributed by atoms with Gasteiger partial charge in [0.05, 0.1) is 12.7 Å². The average Bonchev–Trinajstić information content (AvgIpc) is 2.75. The number of phenolic OH excluding ortho intramolecular Hbond substituents is 1. The summed E-state index contributed by atoms with van der Waals surface area (Å²) in [4.78, 5) is 22.0. The molecule has 1 rings (SSSR count). The van der Waals surface area contributed by atoms with Gasteiger partial charge in [-0.15, -0.1) is 0 Å². The third-order valence-corrected chi connectivity index (χ3v) is 2.93. The van der Waals surface area contributed by atoms with Gasteiger partial charge < -0.3 is 24.4 Å². The standard InChI is InChI=1S/C11H12F2O4.C6H13NO3.3C2H6/c1-5-4-7(17-11(12)13)9(14)6(2)8(5)10(15)16-3;1-6(2,3)10-5(9)7-4-8;3*1-2/h4,11,14H,1-3H3;8H,4H2,1-3H3,(H,7,9);3*1-2H3. The molecule has 0 aliphatic heterocycles. The van der Waals surface area contributed by atoms with E-state index in [4.69, 9.17) is 9.84 Å². The maximum absolute atomic E-state index is 12.1. The van der Waals surface area contributed by atoms with Crippen LogP contribution < -0.4 is 10.1 Å². The van der Waals surface area contributed by atoms with E-state index in [2.05, 4.69) is 14.8 Å². The van der Waals surface area contributed by atoms with Gasteiger partial charge in [-0.25, -0.2) is 9.59 Å². The summed E-state index contributed by atoms with van der Waals surface area (Å²) in [6, 6.07) is 1.17. The second-order valence-electron chi connectivity index (χ2n) is 6.25. The fraction of sp³-hybridized carbons (Fsp3) is 0.652. The molecule has 0 aliphatic carbocycles. The number of hydrogen-bond donors (Lipinski definition) is 3. The largest absolute Gasteiger partial charge is 0.504 e. The Morgan fingerprint density at radius 3 is 1.85 bits per heavy atom. The highest BCUT2D eigenvalue weighted by Crippen LogP contribution is 2.35. The van der Waals surface area contributed by atoms with Crippen molar-refractivity contribution in [2.75, 3.05) is 13.8 Å². The number of amides is 1. The maximum atomic E-state index is 12.1. The zero-order valence-corrected chi connectivity index (χ0v) is 22.1. The molecule has 33 heavy (non-hydrogen) atoms. The molecule has 0 saturated carbocycles. The number of aliphatic hydroxyl groups excluding tert-OH is 1. The lowest BCUT2D eigenvalue weighted by atomic mass is 10.0. The Morgan fingerprint density at radius 1 is 1.06 bits per heavy atom. The number of alkyl halides is 2. The fourth-order valence-electron chi connectivity index (χ4n) is 1.92. The number of alkyl carbamates (subject to hydrolysis) is 1. The number of aliphatic hydroxyl groups is 1. The molecule has 0 heterocycles. The number of nitrogens with one attached hydrogen (secondary N) is 1. The molecule has 3 N–H and O–H groups in total. The van der Waals surface area contributed by atoms with Crippen LogP contribution in [0.25, 0.3) is 0 Å². The van der Waals surface area contributed by atoms with Gasteiger partial charge in [0, 0.05) is 5.56 Å². The smallest absolute Gasteiger partial charge is 0.409 e. The van der Waals surface area contributed by atoms with Crippen molar-refractivity contribution in [3.05, 3.63) is 22.8 Å². The van der Waals surface area contributed by atoms with Crippen LogP contribution in [0, 0.1) is 13.8 Å². The Labute approximate surface area is 197 Å². The summed E-state index contributed by atoms with van der Waals surface area (Å²) in [6.45, 7) is 16.8. The monoisotopic (exact) mass is 483 g/mol. The Hall–Kier alpha value is -2.62. The summed E-state index contributed by atoms with van der Waals surface area (Å²) < 4.78 is 37.6. The lowest BCUT2D eigenvalue weighted by molar-refractivity contribution is -0.0513. The minimum Gasteiger partial charge on any atom is -0.504 e. The minimum atomic E-state index is -3.04. The van der Waals surface area contributed by atoms with Crippen LogP contribution in [0.2, 0.25) is 0 Å². The molecule has 0 radical (unpaired) electrons. The second-order valence-corrected chi connectivity index (χ2v) is 6.25. The van der Waals surface area contributed by atoms with Crippen molar-refractivity contribution in [1.29, 1.82) is 0 Å². The zero-order valence-electron chi connectivity index (χ0n) is 22.1. The number of methoxy groups -OCH3 is 1. The first-order valence-corrected chi connectivity index (χ1v) is 10.8. The molecular formula is C23H43F2NO7. The highest BCUT2D eigenvalue weighted by atomic mass is 19.3. The van der Waals surface area contributed by atoms with Crippen molar-refractivity contribution in [3.63, 3.8) is 0 Å². The third-order valence-electron chi connectivity index (χ3n) is 2.93. The predicted octanol–water partition coefficient (Wildman–Crippen LogP) is 5.94. The molecule has 0 atom stereocenters. The number of phenols is 1. The molecule has 196 valence electrons. The topological polar surface area (TPSA) is 114 Å². The van der Waals surface area contributed by atoms with Gasteiger partial charge in [0.2, 0.25) is 0 Å². The van der Waals surface area contributed by atoms with E-state index in [-0.39, 0.29) is 16.9 Å². The van der Waals surface area contributed by atoms with Crippen LogP contribution in [0.15, 0.2) is 6.07 Å². The number of rotatable bonds is 4. The predicted molar refractivity (Wildman–Crippen MR) is 126 cm³/mol. The third kappa shape index (κ3) is 17.6. The van der Waals surface area contributed by atoms with Gasteiger partial charge in [0.25, 0.3) is 0 Å². The summed E-state index contributed by atoms with van der Waals surface area (Å²) in [7, 11) is 1.20. The van der Waals surface area contributed by atoms with Crippen molar-refractivity contribution >= 4 is 12.1 Å². The molecule has 0 unspecified atom stereocenters. The Bertz CT molecular complexity index is 661. The summed E-state index contributed by atoms with van der Waals surface area (Å²) in [5.74, 6) is -1.49. The molecule has 1 aromatic carbocycles. The van der Waals surface area contributed by atoms with Crippen molar-refractivity contribution in [2.45, 2.75) is 88.4 Å². The summed E-state index contributed by atoms with van der Waals surface area (Å²) in [5, 5.41) is 19.9. The maximum Gasteiger partial charge on any atom is 0.409 e. The number of aryl methyl sites for hydroxylation is 1. The molecule has 8 nitrogen and oxygen atoms in total. The summed E-state index contributed by atoms with van der Waals surface area (Å²) >= 11 is 0. The van der Waals surface area contributed by atoms with Crippen molar-refractivity contribution in [3.8, 4) is 11.5 Å². The number of benzene rings is 1. The van der Waals surface area contributed by atoms with Gasteiger partial charge in [-0.05, 0) is 46.2 Å². The van der Waals surface area contributed by atoms with Gasteiger partial charge in [-0.2, -0.15) is 8.78 Å². The Morgan fingerprint density at radius 2 is 1.52 bits per heavy atom. The number of ether oxygens (including phenoxy) is 3. The lowest BCUT2D eigenvalue weighted by Gasteiger charge is -2.18. The molecule has 0 aromatic heterocycles. The highest BCUT2D eigenvalue weighted by Gasteiger charge is 2.21. The summed E-state index contributed by atoms with van der Waals surface area (Å²) in [5.41, 5.74) is 0.182. The number of hydrogen-bond acceptors (Lipinski definition) is 7. The SMILES string of the molecule is CC.CC.CC.CC(C)(C)OC(=O)NCO.COC(=O)c1c(C)cc(OC(F)F)c(O)c1C. The van der Waals surface area contributed by atoms with Crippen LogP contribution >= 0.6 is 0 Å². The van der Waals surface area contributed by atoms with E-state index >= 15 is 0 Å². The number of halogens is 2. The van der Waals surface area contributed by atoms with E-state index in [1.54, 1.807) is 20.8 Å². The van der Waals surface area contributed by atoms with Gasteiger partial charge in [-0.3, -0.25) is 5.32 Å². The van der Waals surface area contributed by atoms with E-state index in [0.29, 0.717) is 5.56 Å². The molecule has 1 aromatic rings. The Kier molecular flexibility index (Phi) is 24.3. The number of carbonyl (C=O) groups is 2. The quantitative estimate of drug-likeness (QED) is 0.359. The average molecular weight is 484 g/mol. The molecule has 0 bridgehead atoms. The fourth-order valence-corrected chi connectivity index (χ4v) is 1.92. The zero-order chi connectivity index (χ0) is 27.4. The van der Waals surface area contributed by atoms with Crippen molar-refractivity contribution < 1.29 is 42.8 Å². The van der Waals surface area contributed by atoms with Crippen LogP contribution in [-0.2, 0) is 9.47 Å². The van der Waals surface area contributed by atoms with Crippen LogP contribution in [0.1, 0.15) is 83.8 Å².